The Hall–Kier alpha value is -2.89. The van der Waals surface area contributed by atoms with Crippen LogP contribution in [0.5, 0.6) is 17.2 Å². The molecule has 0 bridgehead atoms. The predicted octanol–water partition coefficient (Wildman–Crippen LogP) is 3.27. The Morgan fingerprint density at radius 2 is 1.61 bits per heavy atom. The highest BCUT2D eigenvalue weighted by Crippen LogP contribution is 2.41. The highest BCUT2D eigenvalue weighted by molar-refractivity contribution is 5.81. The summed E-state index contributed by atoms with van der Waals surface area (Å²) in [4.78, 5) is 4.49. The first-order valence-corrected chi connectivity index (χ1v) is 7.07. The fourth-order valence-electron chi connectivity index (χ4n) is 2.57. The summed E-state index contributed by atoms with van der Waals surface area (Å²) in [5, 5.41) is 10.5. The smallest absolute Gasteiger partial charge is 0.203 e. The summed E-state index contributed by atoms with van der Waals surface area (Å²) in [7, 11) is 4.64. The van der Waals surface area contributed by atoms with Crippen molar-refractivity contribution in [2.45, 2.75) is 6.92 Å². The minimum Gasteiger partial charge on any atom is -0.493 e. The quantitative estimate of drug-likeness (QED) is 0.749. The lowest BCUT2D eigenvalue weighted by molar-refractivity contribution is 0.203. The second-order valence-corrected chi connectivity index (χ2v) is 5.15. The molecule has 0 aliphatic rings. The Labute approximate surface area is 133 Å². The second kappa shape index (κ2) is 5.72. The Balaban J connectivity index is 2.24. The highest BCUT2D eigenvalue weighted by Gasteiger charge is 2.18. The maximum Gasteiger partial charge on any atom is 0.203 e. The van der Waals surface area contributed by atoms with Gasteiger partial charge in [0.15, 0.2) is 17.3 Å². The first-order valence-electron chi connectivity index (χ1n) is 7.07. The molecule has 0 atom stereocenters. The van der Waals surface area contributed by atoms with E-state index in [1.165, 1.54) is 0 Å². The molecule has 120 valence electrons. The molecule has 0 spiro atoms. The van der Waals surface area contributed by atoms with Gasteiger partial charge in [-0.25, -0.2) is 4.98 Å². The molecule has 1 heterocycles. The number of nitrogens with zero attached hydrogens (tertiary/aromatic N) is 2. The number of fused-ring (bicyclic) bond motifs is 1. The molecule has 0 fully saturated rings. The van der Waals surface area contributed by atoms with Gasteiger partial charge in [-0.1, -0.05) is 6.07 Å². The van der Waals surface area contributed by atoms with E-state index in [1.54, 1.807) is 33.5 Å². The Morgan fingerprint density at radius 3 is 2.17 bits per heavy atom. The van der Waals surface area contributed by atoms with Crippen molar-refractivity contribution >= 4 is 11.0 Å². The lowest BCUT2D eigenvalue weighted by Crippen LogP contribution is -1.98. The Morgan fingerprint density at radius 1 is 0.957 bits per heavy atom. The summed E-state index contributed by atoms with van der Waals surface area (Å²) in [5.74, 6) is 1.91. The molecular formula is C17H18N2O4. The number of benzene rings is 2. The van der Waals surface area contributed by atoms with Gasteiger partial charge >= 0.3 is 0 Å². The number of methoxy groups -OCH3 is 3. The predicted molar refractivity (Wildman–Crippen MR) is 86.7 cm³/mol. The fourth-order valence-corrected chi connectivity index (χ4v) is 2.57. The van der Waals surface area contributed by atoms with Crippen LogP contribution in [0.2, 0.25) is 0 Å². The average molecular weight is 314 g/mol. The van der Waals surface area contributed by atoms with Crippen LogP contribution >= 0.6 is 0 Å². The molecule has 3 aromatic rings. The van der Waals surface area contributed by atoms with E-state index in [1.807, 2.05) is 25.1 Å². The van der Waals surface area contributed by atoms with Crippen molar-refractivity contribution in [2.24, 2.45) is 0 Å². The van der Waals surface area contributed by atoms with Gasteiger partial charge in [-0.05, 0) is 36.8 Å². The summed E-state index contributed by atoms with van der Waals surface area (Å²) < 4.78 is 17.1. The summed E-state index contributed by atoms with van der Waals surface area (Å²) >= 11 is 0. The topological polar surface area (TPSA) is 65.7 Å². The van der Waals surface area contributed by atoms with Crippen LogP contribution in [-0.4, -0.2) is 36.3 Å². The van der Waals surface area contributed by atoms with E-state index < -0.39 is 0 Å². The minimum absolute atomic E-state index is 0.407. The molecule has 23 heavy (non-hydrogen) atoms. The summed E-state index contributed by atoms with van der Waals surface area (Å²) in [6, 6.07) is 9.21. The van der Waals surface area contributed by atoms with Gasteiger partial charge in [-0.15, -0.1) is 0 Å². The van der Waals surface area contributed by atoms with Crippen molar-refractivity contribution in [3.8, 4) is 28.6 Å². The average Bonchev–Trinajstić information content (AvgIpc) is 2.90. The van der Waals surface area contributed by atoms with Crippen molar-refractivity contribution in [3.63, 3.8) is 0 Å². The number of ether oxygens (including phenoxy) is 3. The Kier molecular flexibility index (Phi) is 3.73. The van der Waals surface area contributed by atoms with Crippen molar-refractivity contribution in [1.82, 2.24) is 9.71 Å². The number of rotatable bonds is 4. The van der Waals surface area contributed by atoms with Gasteiger partial charge in [0.25, 0.3) is 0 Å². The molecule has 0 saturated carbocycles. The van der Waals surface area contributed by atoms with Gasteiger partial charge < -0.3 is 19.4 Å². The van der Waals surface area contributed by atoms with Gasteiger partial charge in [0.1, 0.15) is 5.52 Å². The first-order chi connectivity index (χ1) is 11.1. The molecule has 2 aromatic carbocycles. The maximum atomic E-state index is 10.5. The van der Waals surface area contributed by atoms with Crippen LogP contribution < -0.4 is 14.2 Å². The molecule has 0 unspecified atom stereocenters. The van der Waals surface area contributed by atoms with Crippen molar-refractivity contribution in [3.05, 3.63) is 35.9 Å². The first kappa shape index (κ1) is 15.0. The van der Waals surface area contributed by atoms with Crippen LogP contribution in [0.25, 0.3) is 22.4 Å². The van der Waals surface area contributed by atoms with Gasteiger partial charge in [-0.3, -0.25) is 0 Å². The fraction of sp³-hybridized carbons (Fsp3) is 0.235. The van der Waals surface area contributed by atoms with E-state index in [2.05, 4.69) is 4.98 Å². The summed E-state index contributed by atoms with van der Waals surface area (Å²) in [6.45, 7) is 1.96. The molecule has 0 aliphatic carbocycles. The Bertz CT molecular complexity index is 845. The third kappa shape index (κ3) is 2.42. The highest BCUT2D eigenvalue weighted by atomic mass is 16.5. The number of aryl methyl sites for hydroxylation is 1. The van der Waals surface area contributed by atoms with Crippen LogP contribution in [0.4, 0.5) is 0 Å². The van der Waals surface area contributed by atoms with Crippen molar-refractivity contribution in [1.29, 1.82) is 0 Å². The lowest BCUT2D eigenvalue weighted by atomic mass is 10.1. The van der Waals surface area contributed by atoms with E-state index in [0.29, 0.717) is 39.7 Å². The standard InChI is InChI=1S/C17H18N2O4/c1-10-5-6-12-13(7-10)19(20)17(18-12)11-8-14(21-2)16(23-4)15(9-11)22-3/h5-9,20H,1-4H3. The van der Waals surface area contributed by atoms with Crippen molar-refractivity contribution in [2.75, 3.05) is 21.3 Å². The van der Waals surface area contributed by atoms with Crippen LogP contribution in [-0.2, 0) is 0 Å². The molecule has 6 heteroatoms. The lowest BCUT2D eigenvalue weighted by Gasteiger charge is -2.13. The van der Waals surface area contributed by atoms with Gasteiger partial charge in [0.2, 0.25) is 5.75 Å². The molecule has 0 saturated heterocycles. The number of imidazole rings is 1. The normalized spacial score (nSPS) is 10.8. The zero-order valence-electron chi connectivity index (χ0n) is 13.5. The van der Waals surface area contributed by atoms with Crippen LogP contribution in [0.15, 0.2) is 30.3 Å². The zero-order valence-corrected chi connectivity index (χ0v) is 13.5. The number of hydrogen-bond donors (Lipinski definition) is 1. The largest absolute Gasteiger partial charge is 0.493 e. The molecule has 0 amide bonds. The second-order valence-electron chi connectivity index (χ2n) is 5.15. The SMILES string of the molecule is COc1cc(-c2nc3ccc(C)cc3n2O)cc(OC)c1OC. The monoisotopic (exact) mass is 314 g/mol. The number of aromatic nitrogens is 2. The molecular weight excluding hydrogens is 296 g/mol. The third-order valence-corrected chi connectivity index (χ3v) is 3.71. The number of hydrogen-bond acceptors (Lipinski definition) is 5. The van der Waals surface area contributed by atoms with Crippen molar-refractivity contribution < 1.29 is 19.4 Å². The van der Waals surface area contributed by atoms with E-state index in [9.17, 15) is 5.21 Å². The van der Waals surface area contributed by atoms with E-state index in [-0.39, 0.29) is 0 Å². The van der Waals surface area contributed by atoms with E-state index in [0.717, 1.165) is 10.3 Å². The van der Waals surface area contributed by atoms with Gasteiger partial charge in [-0.2, -0.15) is 4.73 Å². The van der Waals surface area contributed by atoms with Gasteiger partial charge in [0, 0.05) is 5.56 Å². The minimum atomic E-state index is 0.407. The zero-order chi connectivity index (χ0) is 16.6. The summed E-state index contributed by atoms with van der Waals surface area (Å²) in [6.07, 6.45) is 0. The van der Waals surface area contributed by atoms with E-state index in [4.69, 9.17) is 14.2 Å². The summed E-state index contributed by atoms with van der Waals surface area (Å²) in [5.41, 5.74) is 3.07. The van der Waals surface area contributed by atoms with E-state index >= 15 is 0 Å². The van der Waals surface area contributed by atoms with Crippen LogP contribution in [0.1, 0.15) is 5.56 Å². The van der Waals surface area contributed by atoms with Crippen LogP contribution in [0, 0.1) is 6.92 Å². The van der Waals surface area contributed by atoms with Crippen LogP contribution in [0.3, 0.4) is 0 Å². The van der Waals surface area contributed by atoms with Gasteiger partial charge in [0.05, 0.1) is 26.8 Å². The molecule has 0 radical (unpaired) electrons. The third-order valence-electron chi connectivity index (χ3n) is 3.71. The maximum absolute atomic E-state index is 10.5. The molecule has 3 rings (SSSR count). The molecule has 1 N–H and O–H groups in total. The molecule has 1 aromatic heterocycles. The molecule has 6 nitrogen and oxygen atoms in total. The molecule has 0 aliphatic heterocycles.